The van der Waals surface area contributed by atoms with Gasteiger partial charge in [-0.2, -0.15) is 5.10 Å². The molecule has 0 radical (unpaired) electrons. The SMILES string of the molecule is C[C@@H]1C[C@H]1NCc1ccn[nH]1. The first-order chi connectivity index (χ1) is 5.36. The number of hydrogen-bond donors (Lipinski definition) is 2. The van der Waals surface area contributed by atoms with Gasteiger partial charge in [0.05, 0.1) is 0 Å². The minimum Gasteiger partial charge on any atom is -0.308 e. The zero-order valence-electron chi connectivity index (χ0n) is 6.67. The molecule has 0 unspecified atom stereocenters. The third-order valence-electron chi connectivity index (χ3n) is 2.22. The van der Waals surface area contributed by atoms with Gasteiger partial charge in [0, 0.05) is 24.5 Å². The maximum absolute atomic E-state index is 3.87. The molecule has 1 aliphatic rings. The fourth-order valence-corrected chi connectivity index (χ4v) is 1.23. The van der Waals surface area contributed by atoms with E-state index in [1.807, 2.05) is 6.07 Å². The molecule has 1 saturated carbocycles. The van der Waals surface area contributed by atoms with E-state index in [-0.39, 0.29) is 0 Å². The summed E-state index contributed by atoms with van der Waals surface area (Å²) >= 11 is 0. The van der Waals surface area contributed by atoms with E-state index in [9.17, 15) is 0 Å². The molecule has 3 heteroatoms. The van der Waals surface area contributed by atoms with E-state index in [2.05, 4.69) is 22.4 Å². The molecule has 0 saturated heterocycles. The Labute approximate surface area is 66.2 Å². The third kappa shape index (κ3) is 1.60. The van der Waals surface area contributed by atoms with Crippen LogP contribution in [0, 0.1) is 5.92 Å². The first-order valence-corrected chi connectivity index (χ1v) is 4.08. The first-order valence-electron chi connectivity index (χ1n) is 4.08. The van der Waals surface area contributed by atoms with Gasteiger partial charge in [-0.3, -0.25) is 5.10 Å². The summed E-state index contributed by atoms with van der Waals surface area (Å²) in [5.41, 5.74) is 1.17. The highest BCUT2D eigenvalue weighted by molar-refractivity contribution is 4.99. The number of H-pyrrole nitrogens is 1. The summed E-state index contributed by atoms with van der Waals surface area (Å²) in [6, 6.07) is 2.75. The second kappa shape index (κ2) is 2.66. The van der Waals surface area contributed by atoms with Crippen LogP contribution in [0.2, 0.25) is 0 Å². The Bertz CT molecular complexity index is 217. The Morgan fingerprint density at radius 3 is 3.18 bits per heavy atom. The van der Waals surface area contributed by atoms with Crippen molar-refractivity contribution < 1.29 is 0 Å². The molecular weight excluding hydrogens is 138 g/mol. The van der Waals surface area contributed by atoms with Crippen molar-refractivity contribution in [1.29, 1.82) is 0 Å². The molecule has 0 aliphatic heterocycles. The molecule has 1 heterocycles. The minimum absolute atomic E-state index is 0.748. The van der Waals surface area contributed by atoms with Gasteiger partial charge >= 0.3 is 0 Å². The van der Waals surface area contributed by atoms with Crippen molar-refractivity contribution >= 4 is 0 Å². The summed E-state index contributed by atoms with van der Waals surface area (Å²) in [4.78, 5) is 0. The number of nitrogens with one attached hydrogen (secondary N) is 2. The molecule has 2 rings (SSSR count). The molecule has 0 amide bonds. The largest absolute Gasteiger partial charge is 0.308 e. The van der Waals surface area contributed by atoms with E-state index in [1.165, 1.54) is 12.1 Å². The van der Waals surface area contributed by atoms with E-state index >= 15 is 0 Å². The molecule has 2 N–H and O–H groups in total. The lowest BCUT2D eigenvalue weighted by molar-refractivity contribution is 0.641. The van der Waals surface area contributed by atoms with Crippen LogP contribution in [0.3, 0.4) is 0 Å². The van der Waals surface area contributed by atoms with Crippen LogP contribution in [0.4, 0.5) is 0 Å². The highest BCUT2D eigenvalue weighted by Gasteiger charge is 2.31. The number of nitrogens with zero attached hydrogens (tertiary/aromatic N) is 1. The zero-order valence-corrected chi connectivity index (χ0v) is 6.67. The van der Waals surface area contributed by atoms with E-state index in [4.69, 9.17) is 0 Å². The number of hydrogen-bond acceptors (Lipinski definition) is 2. The predicted molar refractivity (Wildman–Crippen MR) is 43.0 cm³/mol. The topological polar surface area (TPSA) is 40.7 Å². The Kier molecular flexibility index (Phi) is 1.66. The van der Waals surface area contributed by atoms with Gasteiger partial charge in [0.15, 0.2) is 0 Å². The molecule has 0 bridgehead atoms. The van der Waals surface area contributed by atoms with Gasteiger partial charge in [0.1, 0.15) is 0 Å². The van der Waals surface area contributed by atoms with Crippen LogP contribution < -0.4 is 5.32 Å². The predicted octanol–water partition coefficient (Wildman–Crippen LogP) is 0.908. The normalized spacial score (nSPS) is 28.8. The van der Waals surface area contributed by atoms with Gasteiger partial charge < -0.3 is 5.32 Å². The van der Waals surface area contributed by atoms with Crippen molar-refractivity contribution in [2.24, 2.45) is 5.92 Å². The smallest absolute Gasteiger partial charge is 0.0490 e. The quantitative estimate of drug-likeness (QED) is 0.674. The maximum Gasteiger partial charge on any atom is 0.0490 e. The van der Waals surface area contributed by atoms with Gasteiger partial charge in [0.25, 0.3) is 0 Å². The average molecular weight is 151 g/mol. The monoisotopic (exact) mass is 151 g/mol. The molecule has 60 valence electrons. The molecule has 1 aliphatic carbocycles. The lowest BCUT2D eigenvalue weighted by Crippen LogP contribution is -2.17. The summed E-state index contributed by atoms with van der Waals surface area (Å²) in [5, 5.41) is 10.2. The molecule has 3 nitrogen and oxygen atoms in total. The van der Waals surface area contributed by atoms with Crippen LogP contribution in [-0.4, -0.2) is 16.2 Å². The summed E-state index contributed by atoms with van der Waals surface area (Å²) in [6.07, 6.45) is 3.11. The van der Waals surface area contributed by atoms with Crippen LogP contribution in [0.25, 0.3) is 0 Å². The molecule has 0 spiro atoms. The standard InChI is InChI=1S/C8H13N3/c1-6-4-8(6)9-5-7-2-3-10-11-7/h2-3,6,8-9H,4-5H2,1H3,(H,10,11)/t6-,8-/m1/s1. The van der Waals surface area contributed by atoms with Crippen molar-refractivity contribution in [3.8, 4) is 0 Å². The van der Waals surface area contributed by atoms with E-state index in [0.29, 0.717) is 0 Å². The summed E-state index contributed by atoms with van der Waals surface area (Å²) in [5.74, 6) is 0.873. The summed E-state index contributed by atoms with van der Waals surface area (Å²) in [6.45, 7) is 3.19. The number of aromatic nitrogens is 2. The molecule has 1 fully saturated rings. The number of aromatic amines is 1. The van der Waals surface area contributed by atoms with E-state index in [1.54, 1.807) is 6.20 Å². The molecule has 1 aromatic heterocycles. The van der Waals surface area contributed by atoms with Crippen LogP contribution >= 0.6 is 0 Å². The van der Waals surface area contributed by atoms with Crippen LogP contribution in [0.5, 0.6) is 0 Å². The van der Waals surface area contributed by atoms with E-state index in [0.717, 1.165) is 18.5 Å². The lowest BCUT2D eigenvalue weighted by atomic mass is 10.4. The minimum atomic E-state index is 0.748. The van der Waals surface area contributed by atoms with Gasteiger partial charge in [-0.05, 0) is 18.4 Å². The Morgan fingerprint density at radius 1 is 1.82 bits per heavy atom. The van der Waals surface area contributed by atoms with Gasteiger partial charge in [-0.1, -0.05) is 6.92 Å². The Morgan fingerprint density at radius 2 is 2.64 bits per heavy atom. The Balaban J connectivity index is 1.75. The first kappa shape index (κ1) is 6.85. The molecule has 0 aromatic carbocycles. The number of rotatable bonds is 3. The van der Waals surface area contributed by atoms with Crippen LogP contribution in [0.1, 0.15) is 19.0 Å². The van der Waals surface area contributed by atoms with Crippen molar-refractivity contribution in [3.63, 3.8) is 0 Å². The molecule has 1 aromatic rings. The third-order valence-corrected chi connectivity index (χ3v) is 2.22. The van der Waals surface area contributed by atoms with Gasteiger partial charge in [0.2, 0.25) is 0 Å². The van der Waals surface area contributed by atoms with Gasteiger partial charge in [-0.25, -0.2) is 0 Å². The maximum atomic E-state index is 3.87. The van der Waals surface area contributed by atoms with Crippen molar-refractivity contribution in [3.05, 3.63) is 18.0 Å². The van der Waals surface area contributed by atoms with Crippen molar-refractivity contribution in [1.82, 2.24) is 15.5 Å². The zero-order chi connectivity index (χ0) is 7.68. The summed E-state index contributed by atoms with van der Waals surface area (Å²) < 4.78 is 0. The van der Waals surface area contributed by atoms with E-state index < -0.39 is 0 Å². The Hall–Kier alpha value is -0.830. The highest BCUT2D eigenvalue weighted by Crippen LogP contribution is 2.28. The fourth-order valence-electron chi connectivity index (χ4n) is 1.23. The highest BCUT2D eigenvalue weighted by atomic mass is 15.1. The van der Waals surface area contributed by atoms with Crippen LogP contribution in [-0.2, 0) is 6.54 Å². The van der Waals surface area contributed by atoms with Crippen molar-refractivity contribution in [2.45, 2.75) is 25.9 Å². The second-order valence-electron chi connectivity index (χ2n) is 3.28. The second-order valence-corrected chi connectivity index (χ2v) is 3.28. The molecular formula is C8H13N3. The van der Waals surface area contributed by atoms with Crippen LogP contribution in [0.15, 0.2) is 12.3 Å². The lowest BCUT2D eigenvalue weighted by Gasteiger charge is -1.98. The summed E-state index contributed by atoms with van der Waals surface area (Å²) in [7, 11) is 0. The molecule has 11 heavy (non-hydrogen) atoms. The average Bonchev–Trinajstić information content (AvgIpc) is 2.55. The fraction of sp³-hybridized carbons (Fsp3) is 0.625. The van der Waals surface area contributed by atoms with Gasteiger partial charge in [-0.15, -0.1) is 0 Å². The molecule has 2 atom stereocenters. The van der Waals surface area contributed by atoms with Crippen molar-refractivity contribution in [2.75, 3.05) is 0 Å².